The van der Waals surface area contributed by atoms with Crippen LogP contribution in [0.5, 0.6) is 0 Å². The first kappa shape index (κ1) is 14.6. The Labute approximate surface area is 119 Å². The predicted octanol–water partition coefficient (Wildman–Crippen LogP) is 1.41. The molecule has 2 aromatic rings. The number of aromatic nitrogens is 6. The summed E-state index contributed by atoms with van der Waals surface area (Å²) in [6, 6.07) is 2.50. The maximum absolute atomic E-state index is 4.27. The lowest BCUT2D eigenvalue weighted by Crippen LogP contribution is -2.34. The smallest absolute Gasteiger partial charge is 0.165 e. The first-order valence-electron chi connectivity index (χ1n) is 7.20. The lowest BCUT2D eigenvalue weighted by atomic mass is 10.2. The van der Waals surface area contributed by atoms with E-state index < -0.39 is 0 Å². The molecule has 0 spiro atoms. The Balaban J connectivity index is 1.87. The number of nitrogens with one attached hydrogen (secondary N) is 1. The van der Waals surface area contributed by atoms with E-state index in [0.29, 0.717) is 6.54 Å². The average Bonchev–Trinajstić information content (AvgIpc) is 3.12. The van der Waals surface area contributed by atoms with Gasteiger partial charge in [0.2, 0.25) is 0 Å². The minimum absolute atomic E-state index is 0.282. The van der Waals surface area contributed by atoms with Gasteiger partial charge in [0.25, 0.3) is 0 Å². The van der Waals surface area contributed by atoms with E-state index in [-0.39, 0.29) is 12.1 Å². The lowest BCUT2D eigenvalue weighted by Gasteiger charge is -2.21. The van der Waals surface area contributed by atoms with E-state index in [1.54, 1.807) is 6.20 Å². The van der Waals surface area contributed by atoms with Crippen molar-refractivity contribution in [3.05, 3.63) is 24.3 Å². The van der Waals surface area contributed by atoms with Gasteiger partial charge in [-0.3, -0.25) is 4.68 Å². The molecule has 0 aliphatic heterocycles. The van der Waals surface area contributed by atoms with Crippen LogP contribution in [-0.4, -0.2) is 36.0 Å². The molecule has 0 fully saturated rings. The summed E-state index contributed by atoms with van der Waals surface area (Å²) in [5.74, 6) is 0.887. The summed E-state index contributed by atoms with van der Waals surface area (Å²) in [4.78, 5) is 0. The van der Waals surface area contributed by atoms with Gasteiger partial charge in [0.05, 0.1) is 12.6 Å². The van der Waals surface area contributed by atoms with Crippen molar-refractivity contribution < 1.29 is 0 Å². The number of unbranched alkanes of at least 4 members (excludes halogenated alkanes) is 1. The van der Waals surface area contributed by atoms with Crippen molar-refractivity contribution in [2.24, 2.45) is 0 Å². The normalized spacial score (nSPS) is 14.3. The topological polar surface area (TPSA) is 73.5 Å². The molecule has 0 saturated heterocycles. The lowest BCUT2D eigenvalue weighted by molar-refractivity contribution is 0.358. The third-order valence-corrected chi connectivity index (χ3v) is 3.58. The van der Waals surface area contributed by atoms with Crippen LogP contribution < -0.4 is 5.32 Å². The van der Waals surface area contributed by atoms with Gasteiger partial charge in [0, 0.05) is 25.0 Å². The van der Waals surface area contributed by atoms with Crippen LogP contribution in [0.25, 0.3) is 0 Å². The second kappa shape index (κ2) is 7.14. The van der Waals surface area contributed by atoms with E-state index >= 15 is 0 Å². The highest BCUT2D eigenvalue weighted by Crippen LogP contribution is 2.09. The van der Waals surface area contributed by atoms with Crippen LogP contribution in [0, 0.1) is 0 Å². The molecule has 2 rings (SSSR count). The Bertz CT molecular complexity index is 491. The number of hydrogen-bond donors (Lipinski definition) is 1. The Morgan fingerprint density at radius 2 is 2.20 bits per heavy atom. The fourth-order valence-corrected chi connectivity index (χ4v) is 2.00. The van der Waals surface area contributed by atoms with Crippen molar-refractivity contribution in [1.82, 2.24) is 35.3 Å². The Morgan fingerprint density at radius 1 is 1.35 bits per heavy atom. The summed E-state index contributed by atoms with van der Waals surface area (Å²) >= 11 is 0. The van der Waals surface area contributed by atoms with Crippen LogP contribution in [0.15, 0.2) is 18.5 Å². The van der Waals surface area contributed by atoms with Crippen LogP contribution in [0.1, 0.15) is 45.5 Å². The first-order chi connectivity index (χ1) is 9.72. The molecule has 1 N–H and O–H groups in total. The minimum atomic E-state index is 0.282. The number of nitrogens with zero attached hydrogens (tertiary/aromatic N) is 6. The Morgan fingerprint density at radius 3 is 2.90 bits per heavy atom. The molecule has 0 saturated carbocycles. The van der Waals surface area contributed by atoms with Gasteiger partial charge in [-0.25, -0.2) is 4.68 Å². The van der Waals surface area contributed by atoms with Crippen LogP contribution in [0.3, 0.4) is 0 Å². The van der Waals surface area contributed by atoms with Gasteiger partial charge in [-0.05, 0) is 36.8 Å². The van der Waals surface area contributed by atoms with Crippen molar-refractivity contribution in [3.63, 3.8) is 0 Å². The van der Waals surface area contributed by atoms with Crippen LogP contribution in [0.4, 0.5) is 0 Å². The molecule has 110 valence electrons. The van der Waals surface area contributed by atoms with Crippen molar-refractivity contribution in [3.8, 4) is 0 Å². The zero-order chi connectivity index (χ0) is 14.4. The number of rotatable bonds is 8. The quantitative estimate of drug-likeness (QED) is 0.789. The molecule has 7 nitrogen and oxygen atoms in total. The summed E-state index contributed by atoms with van der Waals surface area (Å²) in [6.07, 6.45) is 6.01. The Hall–Kier alpha value is -1.76. The monoisotopic (exact) mass is 277 g/mol. The molecule has 2 atom stereocenters. The molecule has 0 amide bonds. The van der Waals surface area contributed by atoms with Gasteiger partial charge in [-0.2, -0.15) is 5.10 Å². The predicted molar refractivity (Wildman–Crippen MR) is 76.0 cm³/mol. The molecule has 20 heavy (non-hydrogen) atoms. The number of tetrazole rings is 1. The maximum Gasteiger partial charge on any atom is 0.165 e. The zero-order valence-electron chi connectivity index (χ0n) is 12.4. The third-order valence-electron chi connectivity index (χ3n) is 3.58. The van der Waals surface area contributed by atoms with Gasteiger partial charge >= 0.3 is 0 Å². The average molecular weight is 277 g/mol. The molecule has 0 aliphatic carbocycles. The van der Waals surface area contributed by atoms with Gasteiger partial charge in [-0.1, -0.05) is 13.3 Å². The van der Waals surface area contributed by atoms with E-state index in [4.69, 9.17) is 0 Å². The van der Waals surface area contributed by atoms with Crippen molar-refractivity contribution in [2.45, 2.75) is 58.8 Å². The zero-order valence-corrected chi connectivity index (χ0v) is 12.4. The van der Waals surface area contributed by atoms with Gasteiger partial charge in [0.15, 0.2) is 5.82 Å². The summed E-state index contributed by atoms with van der Waals surface area (Å²) in [5, 5.41) is 19.6. The Kier molecular flexibility index (Phi) is 5.23. The van der Waals surface area contributed by atoms with Crippen LogP contribution >= 0.6 is 0 Å². The summed E-state index contributed by atoms with van der Waals surface area (Å²) in [7, 11) is 0. The van der Waals surface area contributed by atoms with E-state index in [9.17, 15) is 0 Å². The van der Waals surface area contributed by atoms with Crippen molar-refractivity contribution in [2.75, 3.05) is 0 Å². The van der Waals surface area contributed by atoms with Gasteiger partial charge in [0.1, 0.15) is 0 Å². The maximum atomic E-state index is 4.27. The summed E-state index contributed by atoms with van der Waals surface area (Å²) in [5.41, 5.74) is 0. The minimum Gasteiger partial charge on any atom is -0.305 e. The van der Waals surface area contributed by atoms with E-state index in [1.807, 2.05) is 21.6 Å². The van der Waals surface area contributed by atoms with Gasteiger partial charge in [-0.15, -0.1) is 5.10 Å². The highest BCUT2D eigenvalue weighted by atomic mass is 15.5. The molecule has 0 radical (unpaired) electrons. The fourth-order valence-electron chi connectivity index (χ4n) is 2.00. The van der Waals surface area contributed by atoms with Crippen LogP contribution in [-0.2, 0) is 13.1 Å². The summed E-state index contributed by atoms with van der Waals surface area (Å²) < 4.78 is 3.83. The first-order valence-corrected chi connectivity index (χ1v) is 7.20. The largest absolute Gasteiger partial charge is 0.305 e. The molecule has 2 heterocycles. The van der Waals surface area contributed by atoms with E-state index in [1.165, 1.54) is 0 Å². The standard InChI is InChI=1S/C13H23N7/c1-4-5-8-20-13(16-17-18-20)10-14-11(2)12(3)19-9-6-7-15-19/h6-7,9,11-12,14H,4-5,8,10H2,1-3H3/t11-,12-/m1/s1. The molecule has 0 aromatic carbocycles. The highest BCUT2D eigenvalue weighted by Gasteiger charge is 2.15. The third kappa shape index (κ3) is 3.63. The molecule has 0 bridgehead atoms. The number of aryl methyl sites for hydroxylation is 1. The molecular weight excluding hydrogens is 254 g/mol. The summed E-state index contributed by atoms with van der Waals surface area (Å²) in [6.45, 7) is 8.00. The molecule has 0 aliphatic rings. The molecular formula is C13H23N7. The van der Waals surface area contributed by atoms with Crippen LogP contribution in [0.2, 0.25) is 0 Å². The second-order valence-electron chi connectivity index (χ2n) is 5.07. The van der Waals surface area contributed by atoms with Gasteiger partial charge < -0.3 is 5.32 Å². The highest BCUT2D eigenvalue weighted by molar-refractivity contribution is 4.86. The fraction of sp³-hybridized carbons (Fsp3) is 0.692. The van der Waals surface area contributed by atoms with E-state index in [0.717, 1.165) is 25.2 Å². The van der Waals surface area contributed by atoms with Crippen molar-refractivity contribution in [1.29, 1.82) is 0 Å². The SMILES string of the molecule is CCCCn1nnnc1CN[C@H](C)[C@@H](C)n1cccn1. The van der Waals surface area contributed by atoms with E-state index in [2.05, 4.69) is 46.7 Å². The molecule has 7 heteroatoms. The second-order valence-corrected chi connectivity index (χ2v) is 5.07. The van der Waals surface area contributed by atoms with Crippen molar-refractivity contribution >= 4 is 0 Å². The molecule has 0 unspecified atom stereocenters. The molecule has 2 aromatic heterocycles. The number of hydrogen-bond acceptors (Lipinski definition) is 5.